The zero-order valence-corrected chi connectivity index (χ0v) is 11.2. The Morgan fingerprint density at radius 2 is 1.77 bits per heavy atom. The van der Waals surface area contributed by atoms with E-state index >= 15 is 0 Å². The maximum Gasteiger partial charge on any atom is 0.275 e. The van der Waals surface area contributed by atoms with E-state index in [1.807, 2.05) is 24.3 Å². The molecule has 0 atom stereocenters. The minimum atomic E-state index is -1.02. The normalized spacial score (nSPS) is 11.4. The van der Waals surface area contributed by atoms with E-state index in [0.717, 1.165) is 23.0 Å². The minimum Gasteiger partial charge on any atom is -0.360 e. The Balaban J connectivity index is 2.04. The van der Waals surface area contributed by atoms with Crippen molar-refractivity contribution >= 4 is 21.9 Å². The van der Waals surface area contributed by atoms with Crippen molar-refractivity contribution in [3.8, 4) is 11.3 Å². The average Bonchev–Trinajstić information content (AvgIpc) is 2.92. The predicted molar refractivity (Wildman–Crippen MR) is 79.6 cm³/mol. The van der Waals surface area contributed by atoms with E-state index in [9.17, 15) is 13.6 Å². The molecular formula is C16H9F2N3O. The van der Waals surface area contributed by atoms with Gasteiger partial charge in [0.05, 0.1) is 11.0 Å². The van der Waals surface area contributed by atoms with Crippen LogP contribution in [0.5, 0.6) is 0 Å². The van der Waals surface area contributed by atoms with Crippen LogP contribution in [0, 0.1) is 11.6 Å². The zero-order valence-electron chi connectivity index (χ0n) is 11.2. The Morgan fingerprint density at radius 3 is 2.64 bits per heavy atom. The smallest absolute Gasteiger partial charge is 0.275 e. The first kappa shape index (κ1) is 12.7. The van der Waals surface area contributed by atoms with Gasteiger partial charge in [-0.3, -0.25) is 4.79 Å². The molecule has 0 spiro atoms. The lowest BCUT2D eigenvalue weighted by molar-refractivity contribution is 0.510. The van der Waals surface area contributed by atoms with E-state index in [1.54, 1.807) is 6.20 Å². The number of halogens is 2. The highest BCUT2D eigenvalue weighted by molar-refractivity contribution is 5.95. The standard InChI is InChI=1S/C16H9F2N3O/c17-10-5-13-14(6-11(10)18)21-16(22)15(20-13)9-7-19-12-4-2-1-3-8(9)12/h1-7,19H,(H,21,22). The highest BCUT2D eigenvalue weighted by atomic mass is 19.2. The number of H-pyrrole nitrogens is 2. The Kier molecular flexibility index (Phi) is 2.59. The van der Waals surface area contributed by atoms with E-state index in [-0.39, 0.29) is 16.7 Å². The van der Waals surface area contributed by atoms with Gasteiger partial charge in [0.1, 0.15) is 5.69 Å². The van der Waals surface area contributed by atoms with Crippen molar-refractivity contribution in [2.75, 3.05) is 0 Å². The van der Waals surface area contributed by atoms with Crippen molar-refractivity contribution in [3.63, 3.8) is 0 Å². The molecule has 0 radical (unpaired) electrons. The first-order valence-electron chi connectivity index (χ1n) is 6.59. The SMILES string of the molecule is O=c1[nH]c2cc(F)c(F)cc2nc1-c1c[nH]c2ccccc12. The number of nitrogens with one attached hydrogen (secondary N) is 2. The maximum absolute atomic E-state index is 13.4. The molecule has 4 aromatic rings. The van der Waals surface area contributed by atoms with Crippen molar-refractivity contribution in [1.82, 2.24) is 15.0 Å². The number of hydrogen-bond acceptors (Lipinski definition) is 2. The van der Waals surface area contributed by atoms with Crippen LogP contribution in [0.2, 0.25) is 0 Å². The number of aromatic amines is 2. The van der Waals surface area contributed by atoms with Crippen molar-refractivity contribution in [3.05, 3.63) is 64.6 Å². The van der Waals surface area contributed by atoms with Gasteiger partial charge in [-0.1, -0.05) is 18.2 Å². The fraction of sp³-hybridized carbons (Fsp3) is 0. The van der Waals surface area contributed by atoms with Gasteiger partial charge in [0.2, 0.25) is 0 Å². The molecular weight excluding hydrogens is 288 g/mol. The first-order chi connectivity index (χ1) is 10.6. The number of rotatable bonds is 1. The fourth-order valence-corrected chi connectivity index (χ4v) is 2.53. The summed E-state index contributed by atoms with van der Waals surface area (Å²) in [4.78, 5) is 22.0. The summed E-state index contributed by atoms with van der Waals surface area (Å²) >= 11 is 0. The molecule has 108 valence electrons. The van der Waals surface area contributed by atoms with Gasteiger partial charge >= 0.3 is 0 Å². The third-order valence-electron chi connectivity index (χ3n) is 3.58. The molecule has 22 heavy (non-hydrogen) atoms. The van der Waals surface area contributed by atoms with Crippen LogP contribution < -0.4 is 5.56 Å². The lowest BCUT2D eigenvalue weighted by atomic mass is 10.1. The summed E-state index contributed by atoms with van der Waals surface area (Å²) in [6.45, 7) is 0. The number of nitrogens with zero attached hydrogens (tertiary/aromatic N) is 1. The van der Waals surface area contributed by atoms with Crippen LogP contribution in [-0.2, 0) is 0 Å². The molecule has 0 saturated heterocycles. The number of fused-ring (bicyclic) bond motifs is 2. The van der Waals surface area contributed by atoms with E-state index in [4.69, 9.17) is 0 Å². The molecule has 2 aromatic heterocycles. The number of hydrogen-bond donors (Lipinski definition) is 2. The van der Waals surface area contributed by atoms with E-state index < -0.39 is 17.2 Å². The third kappa shape index (κ3) is 1.81. The molecule has 0 aliphatic rings. The molecule has 2 N–H and O–H groups in total. The molecule has 2 heterocycles. The molecule has 0 aliphatic carbocycles. The molecule has 0 fully saturated rings. The maximum atomic E-state index is 13.4. The van der Waals surface area contributed by atoms with Crippen LogP contribution in [-0.4, -0.2) is 15.0 Å². The Hall–Kier alpha value is -3.02. The van der Waals surface area contributed by atoms with Gasteiger partial charge in [0, 0.05) is 34.8 Å². The zero-order chi connectivity index (χ0) is 15.3. The topological polar surface area (TPSA) is 61.5 Å². The second-order valence-electron chi connectivity index (χ2n) is 4.95. The number of benzene rings is 2. The second-order valence-corrected chi connectivity index (χ2v) is 4.95. The van der Waals surface area contributed by atoms with Gasteiger partial charge in [-0.05, 0) is 6.07 Å². The molecule has 0 saturated carbocycles. The molecule has 4 nitrogen and oxygen atoms in total. The molecule has 0 aliphatic heterocycles. The quantitative estimate of drug-likeness (QED) is 0.566. The second kappa shape index (κ2) is 4.49. The summed E-state index contributed by atoms with van der Waals surface area (Å²) in [6.07, 6.45) is 1.67. The van der Waals surface area contributed by atoms with Gasteiger partial charge < -0.3 is 9.97 Å². The van der Waals surface area contributed by atoms with E-state index in [2.05, 4.69) is 15.0 Å². The van der Waals surface area contributed by atoms with Crippen molar-refractivity contribution in [2.45, 2.75) is 0 Å². The van der Waals surface area contributed by atoms with Crippen molar-refractivity contribution < 1.29 is 8.78 Å². The van der Waals surface area contributed by atoms with Gasteiger partial charge in [0.25, 0.3) is 5.56 Å². The summed E-state index contributed by atoms with van der Waals surface area (Å²) in [5.74, 6) is -2.03. The molecule has 0 amide bonds. The van der Waals surface area contributed by atoms with Crippen LogP contribution >= 0.6 is 0 Å². The van der Waals surface area contributed by atoms with Gasteiger partial charge in [-0.15, -0.1) is 0 Å². The summed E-state index contributed by atoms with van der Waals surface area (Å²) in [5.41, 5.74) is 1.54. The fourth-order valence-electron chi connectivity index (χ4n) is 2.53. The summed E-state index contributed by atoms with van der Waals surface area (Å²) in [7, 11) is 0. The Bertz CT molecular complexity index is 1080. The largest absolute Gasteiger partial charge is 0.360 e. The highest BCUT2D eigenvalue weighted by Crippen LogP contribution is 2.26. The summed E-state index contributed by atoms with van der Waals surface area (Å²) in [5, 5.41) is 0.836. The monoisotopic (exact) mass is 297 g/mol. The number of aromatic nitrogens is 3. The molecule has 6 heteroatoms. The molecule has 2 aromatic carbocycles. The Morgan fingerprint density at radius 1 is 1.00 bits per heavy atom. The first-order valence-corrected chi connectivity index (χ1v) is 6.59. The van der Waals surface area contributed by atoms with Crippen LogP contribution in [0.4, 0.5) is 8.78 Å². The van der Waals surface area contributed by atoms with Crippen LogP contribution in [0.1, 0.15) is 0 Å². The predicted octanol–water partition coefficient (Wildman–Crippen LogP) is 3.35. The third-order valence-corrected chi connectivity index (χ3v) is 3.58. The van der Waals surface area contributed by atoms with Crippen LogP contribution in [0.3, 0.4) is 0 Å². The molecule has 4 rings (SSSR count). The highest BCUT2D eigenvalue weighted by Gasteiger charge is 2.14. The molecule has 0 bridgehead atoms. The number of para-hydroxylation sites is 1. The van der Waals surface area contributed by atoms with Crippen LogP contribution in [0.15, 0.2) is 47.4 Å². The van der Waals surface area contributed by atoms with Crippen LogP contribution in [0.25, 0.3) is 33.2 Å². The summed E-state index contributed by atoms with van der Waals surface area (Å²) in [6, 6.07) is 9.36. The van der Waals surface area contributed by atoms with Gasteiger partial charge in [0.15, 0.2) is 11.6 Å². The minimum absolute atomic E-state index is 0.160. The van der Waals surface area contributed by atoms with E-state index in [0.29, 0.717) is 5.56 Å². The Labute approximate surface area is 122 Å². The van der Waals surface area contributed by atoms with E-state index in [1.165, 1.54) is 0 Å². The lowest BCUT2D eigenvalue weighted by Gasteiger charge is -2.03. The molecule has 0 unspecified atom stereocenters. The summed E-state index contributed by atoms with van der Waals surface area (Å²) < 4.78 is 26.6. The average molecular weight is 297 g/mol. The lowest BCUT2D eigenvalue weighted by Crippen LogP contribution is -2.11. The van der Waals surface area contributed by atoms with Crippen molar-refractivity contribution in [1.29, 1.82) is 0 Å². The van der Waals surface area contributed by atoms with Crippen molar-refractivity contribution in [2.24, 2.45) is 0 Å². The van der Waals surface area contributed by atoms with Gasteiger partial charge in [-0.25, -0.2) is 13.8 Å². The van der Waals surface area contributed by atoms with Gasteiger partial charge in [-0.2, -0.15) is 0 Å².